The maximum Gasteiger partial charge on any atom is 0.220 e. The van der Waals surface area contributed by atoms with Gasteiger partial charge in [0, 0.05) is 6.42 Å². The smallest absolute Gasteiger partial charge is 0.220 e. The van der Waals surface area contributed by atoms with Crippen molar-refractivity contribution in [2.24, 2.45) is 0 Å². The summed E-state index contributed by atoms with van der Waals surface area (Å²) in [5, 5.41) is 120. The third-order valence-electron chi connectivity index (χ3n) is 16.6. The first kappa shape index (κ1) is 73.8. The lowest BCUT2D eigenvalue weighted by atomic mass is 9.96. The van der Waals surface area contributed by atoms with Crippen LogP contribution in [0.25, 0.3) is 0 Å². The predicted octanol–water partition coefficient (Wildman–Crippen LogP) is 6.94. The van der Waals surface area contributed by atoms with Crippen molar-refractivity contribution < 1.29 is 89.4 Å². The minimum absolute atomic E-state index is 0.241. The van der Waals surface area contributed by atoms with Crippen LogP contribution in [0.1, 0.15) is 245 Å². The zero-order valence-corrected chi connectivity index (χ0v) is 50.0. The van der Waals surface area contributed by atoms with Gasteiger partial charge >= 0.3 is 0 Å². The fraction of sp³-hybridized carbons (Fsp3) is 0.952. The highest BCUT2D eigenvalue weighted by Gasteiger charge is 2.53. The van der Waals surface area contributed by atoms with E-state index in [0.29, 0.717) is 6.42 Å². The Hall–Kier alpha value is -1.47. The average Bonchev–Trinajstić information content (AvgIpc) is 3.47. The lowest BCUT2D eigenvalue weighted by Gasteiger charge is -2.48. The van der Waals surface area contributed by atoms with Gasteiger partial charge in [0.15, 0.2) is 18.9 Å². The van der Waals surface area contributed by atoms with E-state index in [-0.39, 0.29) is 18.9 Å². The van der Waals surface area contributed by atoms with Crippen molar-refractivity contribution in [2.45, 2.75) is 349 Å². The van der Waals surface area contributed by atoms with E-state index in [1.807, 2.05) is 6.08 Å². The molecule has 3 aliphatic heterocycles. The highest BCUT2D eigenvalue weighted by atomic mass is 16.8. The first-order valence-corrected chi connectivity index (χ1v) is 32.4. The molecule has 12 N–H and O–H groups in total. The standard InChI is InChI=1S/C62H117NO18/c1-3-5-7-9-10-11-12-13-14-15-16-17-18-19-20-21-22-23-24-25-26-27-28-29-30-31-32-33-34-36-37-39-46(67)45(63-50(68)40-38-35-8-6-4-2)44-76-60-56(74)53(71)58(48(42-65)78-60)81-62-57(75)54(72)59(49(43-66)79-62)80-61-55(73)52(70)51(69)47(41-64)77-61/h37,39,45-49,51-62,64-67,69-75H,3-36,38,40-44H2,1-2H3,(H,63,68)/b39-37+. The minimum Gasteiger partial charge on any atom is -0.394 e. The fourth-order valence-corrected chi connectivity index (χ4v) is 11.3. The van der Waals surface area contributed by atoms with Crippen LogP contribution in [-0.2, 0) is 33.2 Å². The molecule has 3 aliphatic rings. The second-order valence-corrected chi connectivity index (χ2v) is 23.6. The third kappa shape index (κ3) is 29.2. The molecule has 81 heavy (non-hydrogen) atoms. The van der Waals surface area contributed by atoms with E-state index in [9.17, 15) is 61.0 Å². The molecular formula is C62H117NO18. The second kappa shape index (κ2) is 45.8. The molecular weight excluding hydrogens is 1050 g/mol. The largest absolute Gasteiger partial charge is 0.394 e. The molecule has 478 valence electrons. The predicted molar refractivity (Wildman–Crippen MR) is 310 cm³/mol. The second-order valence-electron chi connectivity index (χ2n) is 23.6. The van der Waals surface area contributed by atoms with Gasteiger partial charge in [-0.3, -0.25) is 4.79 Å². The third-order valence-corrected chi connectivity index (χ3v) is 16.6. The Kier molecular flexibility index (Phi) is 41.7. The van der Waals surface area contributed by atoms with Crippen LogP contribution < -0.4 is 5.32 Å². The van der Waals surface area contributed by atoms with E-state index in [0.717, 1.165) is 51.4 Å². The number of carbonyl (C=O) groups excluding carboxylic acids is 1. The number of ether oxygens (including phenoxy) is 6. The Bertz CT molecular complexity index is 1530. The maximum absolute atomic E-state index is 13.1. The molecule has 3 fully saturated rings. The molecule has 0 aromatic heterocycles. The van der Waals surface area contributed by atoms with Gasteiger partial charge in [-0.05, 0) is 19.3 Å². The van der Waals surface area contributed by atoms with Gasteiger partial charge in [0.2, 0.25) is 5.91 Å². The van der Waals surface area contributed by atoms with Crippen molar-refractivity contribution in [3.05, 3.63) is 12.2 Å². The summed E-state index contributed by atoms with van der Waals surface area (Å²) in [5.41, 5.74) is 0. The molecule has 0 aliphatic carbocycles. The zero-order valence-electron chi connectivity index (χ0n) is 50.0. The van der Waals surface area contributed by atoms with Crippen LogP contribution in [0.15, 0.2) is 12.2 Å². The van der Waals surface area contributed by atoms with Crippen molar-refractivity contribution in [3.8, 4) is 0 Å². The summed E-state index contributed by atoms with van der Waals surface area (Å²) in [6, 6.07) is -0.965. The summed E-state index contributed by atoms with van der Waals surface area (Å²) in [7, 11) is 0. The lowest BCUT2D eigenvalue weighted by molar-refractivity contribution is -0.379. The number of hydrogen-bond acceptors (Lipinski definition) is 18. The summed E-state index contributed by atoms with van der Waals surface area (Å²) < 4.78 is 34.1. The number of amides is 1. The molecule has 3 heterocycles. The Morgan fingerprint density at radius 1 is 0.432 bits per heavy atom. The van der Waals surface area contributed by atoms with E-state index < -0.39 is 124 Å². The summed E-state index contributed by atoms with van der Waals surface area (Å²) >= 11 is 0. The number of rotatable bonds is 49. The Balaban J connectivity index is 1.32. The molecule has 17 unspecified atom stereocenters. The molecule has 1 amide bonds. The van der Waals surface area contributed by atoms with Crippen LogP contribution in [0.3, 0.4) is 0 Å². The van der Waals surface area contributed by atoms with E-state index in [1.54, 1.807) is 6.08 Å². The highest BCUT2D eigenvalue weighted by Crippen LogP contribution is 2.33. The minimum atomic E-state index is -1.97. The molecule has 0 radical (unpaired) electrons. The quantitative estimate of drug-likeness (QED) is 0.0217. The van der Waals surface area contributed by atoms with Crippen LogP contribution in [0, 0.1) is 0 Å². The van der Waals surface area contributed by atoms with Crippen LogP contribution in [0.2, 0.25) is 0 Å². The number of allylic oxidation sites excluding steroid dienone is 1. The van der Waals surface area contributed by atoms with Gasteiger partial charge in [-0.15, -0.1) is 0 Å². The van der Waals surface area contributed by atoms with Gasteiger partial charge < -0.3 is 89.9 Å². The SMILES string of the molecule is CCCCCCCCCCCCCCCCCCCCCCCCCCCCCCC/C=C/C(O)C(COC1OC(CO)C(OC2OC(CO)C(OC3OC(CO)C(O)C(O)C3O)C(O)C2O)C(O)C1O)NC(=O)CCCCCCC. The summed E-state index contributed by atoms with van der Waals surface area (Å²) in [5.74, 6) is -0.287. The van der Waals surface area contributed by atoms with Crippen LogP contribution in [0.4, 0.5) is 0 Å². The van der Waals surface area contributed by atoms with E-state index in [4.69, 9.17) is 28.4 Å². The van der Waals surface area contributed by atoms with Crippen molar-refractivity contribution in [1.82, 2.24) is 5.32 Å². The molecule has 0 aromatic rings. The van der Waals surface area contributed by atoms with Crippen molar-refractivity contribution >= 4 is 5.91 Å². The Morgan fingerprint density at radius 2 is 0.765 bits per heavy atom. The first-order chi connectivity index (χ1) is 39.3. The van der Waals surface area contributed by atoms with E-state index >= 15 is 0 Å². The Labute approximate surface area is 486 Å². The van der Waals surface area contributed by atoms with Crippen molar-refractivity contribution in [3.63, 3.8) is 0 Å². The normalized spacial score (nSPS) is 29.8. The number of unbranched alkanes of at least 4 members (excludes halogenated alkanes) is 33. The first-order valence-electron chi connectivity index (χ1n) is 32.4. The topological polar surface area (TPSA) is 307 Å². The van der Waals surface area contributed by atoms with Crippen molar-refractivity contribution in [1.29, 1.82) is 0 Å². The molecule has 0 spiro atoms. The van der Waals surface area contributed by atoms with Crippen LogP contribution in [-0.4, -0.2) is 193 Å². The molecule has 19 heteroatoms. The zero-order chi connectivity index (χ0) is 59.0. The molecule has 0 saturated carbocycles. The van der Waals surface area contributed by atoms with Crippen LogP contribution >= 0.6 is 0 Å². The van der Waals surface area contributed by atoms with Gasteiger partial charge in [-0.2, -0.15) is 0 Å². The molecule has 17 atom stereocenters. The van der Waals surface area contributed by atoms with Gasteiger partial charge in [0.05, 0.1) is 38.6 Å². The maximum atomic E-state index is 13.1. The number of aliphatic hydroxyl groups is 11. The monoisotopic (exact) mass is 1160 g/mol. The molecule has 3 saturated heterocycles. The number of carbonyl (C=O) groups is 1. The summed E-state index contributed by atoms with van der Waals surface area (Å²) in [6.45, 7) is 1.63. The highest BCUT2D eigenvalue weighted by molar-refractivity contribution is 5.76. The number of aliphatic hydroxyl groups excluding tert-OH is 11. The fourth-order valence-electron chi connectivity index (χ4n) is 11.3. The summed E-state index contributed by atoms with van der Waals surface area (Å²) in [4.78, 5) is 13.1. The van der Waals surface area contributed by atoms with E-state index in [2.05, 4.69) is 19.2 Å². The Morgan fingerprint density at radius 3 is 1.16 bits per heavy atom. The molecule has 19 nitrogen and oxygen atoms in total. The van der Waals surface area contributed by atoms with Gasteiger partial charge in [-0.1, -0.05) is 231 Å². The average molecular weight is 1160 g/mol. The molecule has 0 bridgehead atoms. The lowest BCUT2D eigenvalue weighted by Crippen LogP contribution is -2.66. The van der Waals surface area contributed by atoms with Gasteiger partial charge in [0.25, 0.3) is 0 Å². The van der Waals surface area contributed by atoms with Gasteiger partial charge in [0.1, 0.15) is 73.2 Å². The number of hydrogen-bond donors (Lipinski definition) is 12. The number of nitrogens with one attached hydrogen (secondary N) is 1. The van der Waals surface area contributed by atoms with Crippen LogP contribution in [0.5, 0.6) is 0 Å². The summed E-state index contributed by atoms with van der Waals surface area (Å²) in [6.07, 6.45) is 21.6. The van der Waals surface area contributed by atoms with E-state index in [1.165, 1.54) is 167 Å². The molecule has 0 aromatic carbocycles. The molecule has 3 rings (SSSR count). The van der Waals surface area contributed by atoms with Crippen molar-refractivity contribution in [2.75, 3.05) is 26.4 Å². The van der Waals surface area contributed by atoms with Gasteiger partial charge in [-0.25, -0.2) is 0 Å².